The fraction of sp³-hybridized carbons (Fsp3) is 1.00. The lowest BCUT2D eigenvalue weighted by Crippen LogP contribution is -2.47. The molecule has 0 unspecified atom stereocenters. The Morgan fingerprint density at radius 3 is 3.00 bits per heavy atom. The highest BCUT2D eigenvalue weighted by Crippen LogP contribution is 2.40. The van der Waals surface area contributed by atoms with Crippen LogP contribution in [0.5, 0.6) is 0 Å². The van der Waals surface area contributed by atoms with Crippen LogP contribution in [-0.2, 0) is 4.74 Å². The number of ether oxygens (including phenoxy) is 1. The third-order valence-corrected chi connectivity index (χ3v) is 3.79. The third-order valence-electron chi connectivity index (χ3n) is 3.79. The Bertz CT molecular complexity index is 163. The average molecular weight is 169 g/mol. The van der Waals surface area contributed by atoms with E-state index < -0.39 is 0 Å². The van der Waals surface area contributed by atoms with Gasteiger partial charge in [0, 0.05) is 12.1 Å². The highest BCUT2D eigenvalue weighted by atomic mass is 16.5. The third kappa shape index (κ3) is 1.01. The number of likely N-dealkylation sites (tertiary alicyclic amines) is 1. The zero-order valence-electron chi connectivity index (χ0n) is 8.18. The topological polar surface area (TPSA) is 12.5 Å². The second-order valence-corrected chi connectivity index (χ2v) is 4.18. The van der Waals surface area contributed by atoms with E-state index in [1.165, 1.54) is 25.9 Å². The second kappa shape index (κ2) is 3.00. The van der Waals surface area contributed by atoms with Crippen molar-refractivity contribution in [1.82, 2.24) is 4.90 Å². The zero-order chi connectivity index (χ0) is 8.60. The van der Waals surface area contributed by atoms with Crippen LogP contribution in [0.1, 0.15) is 26.7 Å². The molecule has 2 aliphatic heterocycles. The summed E-state index contributed by atoms with van der Waals surface area (Å²) >= 11 is 0. The van der Waals surface area contributed by atoms with Crippen molar-refractivity contribution < 1.29 is 4.74 Å². The Labute approximate surface area is 74.9 Å². The molecule has 0 aromatic rings. The SMILES string of the molecule is CCN1CC[C@@H](C)[C@]12CCOC2. The highest BCUT2D eigenvalue weighted by Gasteiger charge is 2.47. The molecule has 0 saturated carbocycles. The largest absolute Gasteiger partial charge is 0.379 e. The van der Waals surface area contributed by atoms with Gasteiger partial charge in [0.25, 0.3) is 0 Å². The van der Waals surface area contributed by atoms with Gasteiger partial charge in [-0.25, -0.2) is 0 Å². The van der Waals surface area contributed by atoms with E-state index in [9.17, 15) is 0 Å². The first-order valence-corrected chi connectivity index (χ1v) is 5.12. The number of rotatable bonds is 1. The summed E-state index contributed by atoms with van der Waals surface area (Å²) in [4.78, 5) is 2.62. The summed E-state index contributed by atoms with van der Waals surface area (Å²) in [5.41, 5.74) is 0.425. The lowest BCUT2D eigenvalue weighted by Gasteiger charge is -2.36. The Morgan fingerprint density at radius 1 is 1.58 bits per heavy atom. The first-order chi connectivity index (χ1) is 5.79. The monoisotopic (exact) mass is 169 g/mol. The van der Waals surface area contributed by atoms with E-state index in [1.54, 1.807) is 0 Å². The minimum Gasteiger partial charge on any atom is -0.379 e. The van der Waals surface area contributed by atoms with Gasteiger partial charge in [0.15, 0.2) is 0 Å². The van der Waals surface area contributed by atoms with E-state index >= 15 is 0 Å². The first-order valence-electron chi connectivity index (χ1n) is 5.12. The molecule has 2 fully saturated rings. The average Bonchev–Trinajstić information content (AvgIpc) is 2.65. The molecule has 0 N–H and O–H groups in total. The van der Waals surface area contributed by atoms with Crippen LogP contribution in [0.4, 0.5) is 0 Å². The standard InChI is InChI=1S/C10H19NO/c1-3-11-6-4-9(2)10(11)5-7-12-8-10/h9H,3-8H2,1-2H3/t9-,10-/m1/s1. The molecule has 2 rings (SSSR count). The van der Waals surface area contributed by atoms with Crippen LogP contribution in [0, 0.1) is 5.92 Å². The molecule has 12 heavy (non-hydrogen) atoms. The molecule has 2 aliphatic rings. The summed E-state index contributed by atoms with van der Waals surface area (Å²) in [7, 11) is 0. The van der Waals surface area contributed by atoms with Crippen LogP contribution >= 0.6 is 0 Å². The maximum Gasteiger partial charge on any atom is 0.0653 e. The Kier molecular flexibility index (Phi) is 2.13. The van der Waals surface area contributed by atoms with E-state index in [4.69, 9.17) is 4.74 Å². The van der Waals surface area contributed by atoms with Gasteiger partial charge in [-0.2, -0.15) is 0 Å². The summed E-state index contributed by atoms with van der Waals surface area (Å²) in [6.07, 6.45) is 2.61. The quantitative estimate of drug-likeness (QED) is 0.590. The number of hydrogen-bond acceptors (Lipinski definition) is 2. The van der Waals surface area contributed by atoms with Crippen LogP contribution in [0.25, 0.3) is 0 Å². The lowest BCUT2D eigenvalue weighted by molar-refractivity contribution is 0.0827. The molecule has 0 radical (unpaired) electrons. The zero-order valence-corrected chi connectivity index (χ0v) is 8.18. The van der Waals surface area contributed by atoms with Gasteiger partial charge < -0.3 is 4.74 Å². The predicted molar refractivity (Wildman–Crippen MR) is 49.2 cm³/mol. The molecule has 2 atom stereocenters. The molecule has 70 valence electrons. The van der Waals surface area contributed by atoms with Crippen molar-refractivity contribution in [1.29, 1.82) is 0 Å². The maximum absolute atomic E-state index is 5.54. The highest BCUT2D eigenvalue weighted by molar-refractivity contribution is 5.02. The summed E-state index contributed by atoms with van der Waals surface area (Å²) in [6.45, 7) is 9.06. The summed E-state index contributed by atoms with van der Waals surface area (Å²) < 4.78 is 5.54. The van der Waals surface area contributed by atoms with Crippen molar-refractivity contribution in [2.75, 3.05) is 26.3 Å². The summed E-state index contributed by atoms with van der Waals surface area (Å²) in [5.74, 6) is 0.833. The molecule has 0 aromatic carbocycles. The molecule has 0 aliphatic carbocycles. The molecule has 0 bridgehead atoms. The van der Waals surface area contributed by atoms with Crippen molar-refractivity contribution >= 4 is 0 Å². The molecule has 1 spiro atoms. The van der Waals surface area contributed by atoms with E-state index in [2.05, 4.69) is 18.7 Å². The maximum atomic E-state index is 5.54. The fourth-order valence-electron chi connectivity index (χ4n) is 2.83. The number of likely N-dealkylation sites (N-methyl/N-ethyl adjacent to an activating group) is 1. The smallest absolute Gasteiger partial charge is 0.0653 e. The Morgan fingerprint density at radius 2 is 2.42 bits per heavy atom. The number of nitrogens with zero attached hydrogens (tertiary/aromatic N) is 1. The van der Waals surface area contributed by atoms with E-state index in [1.807, 2.05) is 0 Å². The van der Waals surface area contributed by atoms with Crippen molar-refractivity contribution in [3.05, 3.63) is 0 Å². The Hall–Kier alpha value is -0.0800. The van der Waals surface area contributed by atoms with Gasteiger partial charge >= 0.3 is 0 Å². The molecular formula is C10H19NO. The van der Waals surface area contributed by atoms with Gasteiger partial charge in [-0.15, -0.1) is 0 Å². The van der Waals surface area contributed by atoms with Crippen LogP contribution < -0.4 is 0 Å². The molecule has 0 amide bonds. The van der Waals surface area contributed by atoms with Crippen molar-refractivity contribution in [2.45, 2.75) is 32.2 Å². The lowest BCUT2D eigenvalue weighted by atomic mass is 9.85. The molecular weight excluding hydrogens is 150 g/mol. The van der Waals surface area contributed by atoms with Gasteiger partial charge in [-0.05, 0) is 31.8 Å². The summed E-state index contributed by atoms with van der Waals surface area (Å²) in [5, 5.41) is 0. The molecule has 2 heteroatoms. The number of hydrogen-bond donors (Lipinski definition) is 0. The van der Waals surface area contributed by atoms with Crippen LogP contribution in [0.15, 0.2) is 0 Å². The molecule has 2 saturated heterocycles. The van der Waals surface area contributed by atoms with E-state index in [-0.39, 0.29) is 0 Å². The van der Waals surface area contributed by atoms with Crippen LogP contribution in [0.2, 0.25) is 0 Å². The van der Waals surface area contributed by atoms with Crippen LogP contribution in [-0.4, -0.2) is 36.7 Å². The van der Waals surface area contributed by atoms with Gasteiger partial charge in [0.05, 0.1) is 6.61 Å². The fourth-order valence-corrected chi connectivity index (χ4v) is 2.83. The van der Waals surface area contributed by atoms with Crippen molar-refractivity contribution in [2.24, 2.45) is 5.92 Å². The van der Waals surface area contributed by atoms with Gasteiger partial charge in [-0.1, -0.05) is 13.8 Å². The van der Waals surface area contributed by atoms with Crippen LogP contribution in [0.3, 0.4) is 0 Å². The molecule has 2 nitrogen and oxygen atoms in total. The van der Waals surface area contributed by atoms with Crippen molar-refractivity contribution in [3.8, 4) is 0 Å². The first kappa shape index (κ1) is 8.52. The van der Waals surface area contributed by atoms with Crippen molar-refractivity contribution in [3.63, 3.8) is 0 Å². The van der Waals surface area contributed by atoms with Gasteiger partial charge in [-0.3, -0.25) is 4.90 Å². The Balaban J connectivity index is 2.17. The molecule has 2 heterocycles. The second-order valence-electron chi connectivity index (χ2n) is 4.18. The normalized spacial score (nSPS) is 43.0. The van der Waals surface area contributed by atoms with Gasteiger partial charge in [0.1, 0.15) is 0 Å². The molecule has 0 aromatic heterocycles. The minimum absolute atomic E-state index is 0.425. The van der Waals surface area contributed by atoms with E-state index in [0.717, 1.165) is 19.1 Å². The van der Waals surface area contributed by atoms with E-state index in [0.29, 0.717) is 5.54 Å². The van der Waals surface area contributed by atoms with Gasteiger partial charge in [0.2, 0.25) is 0 Å². The minimum atomic E-state index is 0.425. The predicted octanol–water partition coefficient (Wildman–Crippen LogP) is 1.51. The summed E-state index contributed by atoms with van der Waals surface area (Å²) in [6, 6.07) is 0.